The zero-order valence-electron chi connectivity index (χ0n) is 20.7. The molecule has 3 fully saturated rings. The van der Waals surface area contributed by atoms with Gasteiger partial charge in [0.15, 0.2) is 9.75 Å². The number of rotatable bonds is 4. The van der Waals surface area contributed by atoms with Crippen LogP contribution in [0, 0.1) is 17.8 Å². The number of phenols is 1. The number of hydrogen-bond acceptors (Lipinski definition) is 7. The van der Waals surface area contributed by atoms with Crippen molar-refractivity contribution in [1.29, 1.82) is 0 Å². The average molecular weight is 648 g/mol. The number of anilines is 1. The summed E-state index contributed by atoms with van der Waals surface area (Å²) >= 11 is 17.5. The minimum absolute atomic E-state index is 0.00657. The summed E-state index contributed by atoms with van der Waals surface area (Å²) in [5, 5.41) is 29.1. The van der Waals surface area contributed by atoms with Gasteiger partial charge in [-0.05, 0) is 54.1 Å². The Bertz CT molecular complexity index is 1500. The van der Waals surface area contributed by atoms with Gasteiger partial charge in [-0.15, -0.1) is 23.2 Å². The van der Waals surface area contributed by atoms with Crippen LogP contribution in [0.25, 0.3) is 0 Å². The van der Waals surface area contributed by atoms with E-state index in [4.69, 9.17) is 23.2 Å². The predicted molar refractivity (Wildman–Crippen MR) is 150 cm³/mol. The second-order valence-corrected chi connectivity index (χ2v) is 12.3. The van der Waals surface area contributed by atoms with Crippen LogP contribution in [-0.4, -0.2) is 66.0 Å². The number of nitrogens with zero attached hydrogens (tertiary/aromatic N) is 2. The molecule has 6 atom stereocenters. The number of halogens is 3. The third-order valence-electron chi connectivity index (χ3n) is 8.67. The van der Waals surface area contributed by atoms with Gasteiger partial charge in [0.05, 0.1) is 23.0 Å². The van der Waals surface area contributed by atoms with E-state index >= 15 is 0 Å². The molecule has 2 aliphatic heterocycles. The number of hydrogen-bond donors (Lipinski definition) is 3. The molecule has 3 N–H and O–H groups in total. The van der Waals surface area contributed by atoms with Gasteiger partial charge in [0.2, 0.25) is 11.8 Å². The summed E-state index contributed by atoms with van der Waals surface area (Å²) in [4.78, 5) is 53.1. The van der Waals surface area contributed by atoms with Crippen LogP contribution in [0.5, 0.6) is 5.75 Å². The zero-order chi connectivity index (χ0) is 28.7. The van der Waals surface area contributed by atoms with Gasteiger partial charge in [-0.1, -0.05) is 51.8 Å². The van der Waals surface area contributed by atoms with Crippen molar-refractivity contribution in [3.05, 3.63) is 65.7 Å². The second-order valence-electron chi connectivity index (χ2n) is 10.6. The van der Waals surface area contributed by atoms with E-state index in [1.807, 2.05) is 6.08 Å². The molecule has 40 heavy (non-hydrogen) atoms. The molecule has 9 nitrogen and oxygen atoms in total. The Kier molecular flexibility index (Phi) is 6.47. The van der Waals surface area contributed by atoms with Crippen LogP contribution in [-0.2, 0) is 19.2 Å². The summed E-state index contributed by atoms with van der Waals surface area (Å²) < 4.78 is 0. The van der Waals surface area contributed by atoms with Crippen molar-refractivity contribution in [3.63, 3.8) is 0 Å². The Morgan fingerprint density at radius 3 is 2.33 bits per heavy atom. The first kappa shape index (κ1) is 27.5. The van der Waals surface area contributed by atoms with Gasteiger partial charge >= 0.3 is 7.12 Å². The molecule has 206 valence electrons. The van der Waals surface area contributed by atoms with E-state index in [2.05, 4.69) is 15.9 Å². The number of aromatic hydroxyl groups is 1. The molecule has 0 unspecified atom stereocenters. The van der Waals surface area contributed by atoms with Crippen molar-refractivity contribution >= 4 is 81.0 Å². The first-order valence-electron chi connectivity index (χ1n) is 12.6. The third-order valence-corrected chi connectivity index (χ3v) is 10.6. The van der Waals surface area contributed by atoms with Crippen LogP contribution in [0.15, 0.2) is 60.2 Å². The van der Waals surface area contributed by atoms with Crippen LogP contribution < -0.4 is 10.4 Å². The highest BCUT2D eigenvalue weighted by molar-refractivity contribution is 9.09. The Morgan fingerprint density at radius 1 is 0.975 bits per heavy atom. The first-order valence-corrected chi connectivity index (χ1v) is 14.5. The molecular formula is C27H22BBrCl2N2O7. The molecular weight excluding hydrogens is 626 g/mol. The van der Waals surface area contributed by atoms with Crippen LogP contribution in [0.2, 0.25) is 0 Å². The lowest BCUT2D eigenvalue weighted by molar-refractivity contribution is -0.138. The summed E-state index contributed by atoms with van der Waals surface area (Å²) in [6, 6.07) is 12.0. The lowest BCUT2D eigenvalue weighted by Gasteiger charge is -2.50. The van der Waals surface area contributed by atoms with E-state index < -0.39 is 64.2 Å². The van der Waals surface area contributed by atoms with E-state index in [1.165, 1.54) is 36.4 Å². The second kappa shape index (κ2) is 9.42. The third kappa shape index (κ3) is 3.54. The van der Waals surface area contributed by atoms with Crippen LogP contribution >= 0.6 is 39.1 Å². The maximum Gasteiger partial charge on any atom is 0.488 e. The summed E-state index contributed by atoms with van der Waals surface area (Å²) in [7, 11) is -1.79. The topological polar surface area (TPSA) is 135 Å². The maximum absolute atomic E-state index is 14.0. The van der Waals surface area contributed by atoms with Crippen molar-refractivity contribution in [3.8, 4) is 5.75 Å². The molecule has 2 saturated heterocycles. The molecule has 0 spiro atoms. The first-order chi connectivity index (χ1) is 19.0. The predicted octanol–water partition coefficient (Wildman–Crippen LogP) is 1.99. The lowest BCUT2D eigenvalue weighted by Crippen LogP contribution is -2.60. The number of carbonyl (C=O) groups excluding carboxylic acids is 4. The van der Waals surface area contributed by atoms with E-state index in [1.54, 1.807) is 12.1 Å². The number of carbonyl (C=O) groups is 4. The summed E-state index contributed by atoms with van der Waals surface area (Å²) in [5.74, 6) is -5.55. The Balaban J connectivity index is 1.49. The molecule has 0 aromatic heterocycles. The highest BCUT2D eigenvalue weighted by atomic mass is 79.9. The molecule has 6 rings (SSSR count). The Morgan fingerprint density at radius 2 is 1.68 bits per heavy atom. The van der Waals surface area contributed by atoms with Crippen molar-refractivity contribution < 1.29 is 34.3 Å². The molecule has 4 aliphatic rings. The molecule has 4 amide bonds. The highest BCUT2D eigenvalue weighted by Crippen LogP contribution is 2.65. The minimum atomic E-state index is -1.91. The van der Waals surface area contributed by atoms with Crippen molar-refractivity contribution in [1.82, 2.24) is 4.90 Å². The van der Waals surface area contributed by atoms with E-state index in [0.717, 1.165) is 9.80 Å². The van der Waals surface area contributed by atoms with Gasteiger partial charge in [-0.3, -0.25) is 29.0 Å². The normalized spacial score (nSPS) is 33.1. The largest absolute Gasteiger partial charge is 0.508 e. The monoisotopic (exact) mass is 646 g/mol. The molecule has 13 heteroatoms. The van der Waals surface area contributed by atoms with E-state index in [0.29, 0.717) is 11.1 Å². The number of phenolic OH excluding ortho intramolecular Hbond substituents is 1. The van der Waals surface area contributed by atoms with Gasteiger partial charge < -0.3 is 15.2 Å². The number of likely N-dealkylation sites (tertiary alicyclic amines) is 1. The molecule has 1 saturated carbocycles. The van der Waals surface area contributed by atoms with Gasteiger partial charge in [0, 0.05) is 5.92 Å². The lowest BCUT2D eigenvalue weighted by atomic mass is 9.56. The smallest absolute Gasteiger partial charge is 0.488 e. The SMILES string of the molecule is O=C1[C@H]2[C@H](CC=C3[C@H]2C[C@@]2(Cl)C(=O)N(CBr)C(=O)[C@@]2(Cl)[C@H]3c2ccc(O)cc2)C(=O)N1c1cccc(B(O)O)c1. The number of allylic oxidation sites excluding steroid dienone is 2. The standard InChI is InChI=1S/C27H22BBrCl2N2O7/c29-12-32-24(37)26(30)11-19-17(21(27(26,31)25(32)38)13-4-6-16(34)7-5-13)8-9-18-20(19)23(36)33(22(18)35)15-3-1-2-14(10-15)28(39)40/h1-8,10,18-21,34,39-40H,9,11-12H2/t18-,19+,20-,21-,26+,27-/m0/s1. The van der Waals surface area contributed by atoms with Crippen molar-refractivity contribution in [2.75, 3.05) is 10.4 Å². The number of alkyl halides is 3. The summed E-state index contributed by atoms with van der Waals surface area (Å²) in [5.41, 5.74) is 1.37. The fourth-order valence-electron chi connectivity index (χ4n) is 6.87. The van der Waals surface area contributed by atoms with Crippen LogP contribution in [0.4, 0.5) is 5.69 Å². The zero-order valence-corrected chi connectivity index (χ0v) is 23.8. The van der Waals surface area contributed by atoms with Gasteiger partial charge in [-0.25, -0.2) is 0 Å². The van der Waals surface area contributed by atoms with Gasteiger partial charge in [-0.2, -0.15) is 0 Å². The van der Waals surface area contributed by atoms with Crippen molar-refractivity contribution in [2.45, 2.75) is 28.5 Å². The summed E-state index contributed by atoms with van der Waals surface area (Å²) in [6.07, 6.45) is 1.87. The number of benzene rings is 2. The number of fused-ring (bicyclic) bond motifs is 4. The molecule has 2 aromatic rings. The average Bonchev–Trinajstić information content (AvgIpc) is 3.27. The van der Waals surface area contributed by atoms with Gasteiger partial charge in [0.25, 0.3) is 11.8 Å². The van der Waals surface area contributed by atoms with Crippen LogP contribution in [0.1, 0.15) is 24.3 Å². The van der Waals surface area contributed by atoms with Crippen molar-refractivity contribution in [2.24, 2.45) is 17.8 Å². The number of amides is 4. The molecule has 2 heterocycles. The highest BCUT2D eigenvalue weighted by Gasteiger charge is 2.76. The number of imide groups is 2. The fraction of sp³-hybridized carbons (Fsp3) is 0.333. The Hall–Kier alpha value is -2.70. The molecule has 0 bridgehead atoms. The fourth-order valence-corrected chi connectivity index (χ4v) is 8.30. The van der Waals surface area contributed by atoms with Gasteiger partial charge in [0.1, 0.15) is 5.75 Å². The molecule has 2 aromatic carbocycles. The maximum atomic E-state index is 14.0. The molecule has 0 radical (unpaired) electrons. The van der Waals surface area contributed by atoms with Crippen LogP contribution in [0.3, 0.4) is 0 Å². The summed E-state index contributed by atoms with van der Waals surface area (Å²) in [6.45, 7) is 0. The minimum Gasteiger partial charge on any atom is -0.508 e. The molecule has 2 aliphatic carbocycles. The van der Waals surface area contributed by atoms with E-state index in [-0.39, 0.29) is 35.2 Å². The quantitative estimate of drug-likeness (QED) is 0.152. The van der Waals surface area contributed by atoms with E-state index in [9.17, 15) is 34.3 Å². The Labute approximate surface area is 247 Å².